The summed E-state index contributed by atoms with van der Waals surface area (Å²) in [5.74, 6) is -0.116. The highest BCUT2D eigenvalue weighted by atomic mass is 32.1. The minimum Gasteiger partial charge on any atom is -0.496 e. The molecule has 5 nitrogen and oxygen atoms in total. The van der Waals surface area contributed by atoms with Gasteiger partial charge in [0, 0.05) is 10.9 Å². The molecule has 1 N–H and O–H groups in total. The molecular formula is C15H12FN3O2S2. The van der Waals surface area contributed by atoms with Gasteiger partial charge in [-0.25, -0.2) is 14.4 Å². The normalized spacial score (nSPS) is 10.6. The number of benzene rings is 1. The van der Waals surface area contributed by atoms with Gasteiger partial charge in [-0.3, -0.25) is 10.1 Å². The van der Waals surface area contributed by atoms with Gasteiger partial charge in [0.1, 0.15) is 16.4 Å². The maximum absolute atomic E-state index is 13.5. The number of hydrogen-bond donors (Lipinski definition) is 1. The summed E-state index contributed by atoms with van der Waals surface area (Å²) in [5.41, 5.74) is 1.08. The van der Waals surface area contributed by atoms with Crippen molar-refractivity contribution in [2.45, 2.75) is 6.92 Å². The fraction of sp³-hybridized carbons (Fsp3) is 0.133. The molecule has 2 aromatic heterocycles. The van der Waals surface area contributed by atoms with Crippen LogP contribution < -0.4 is 10.1 Å². The van der Waals surface area contributed by atoms with E-state index in [1.807, 2.05) is 6.92 Å². The van der Waals surface area contributed by atoms with Crippen LogP contribution in [0.2, 0.25) is 0 Å². The number of carbonyl (C=O) groups excluding carboxylic acids is 1. The molecule has 1 amide bonds. The Morgan fingerprint density at radius 3 is 2.91 bits per heavy atom. The Bertz CT molecular complexity index is 860. The molecule has 118 valence electrons. The molecule has 8 heteroatoms. The first kappa shape index (κ1) is 15.6. The first-order valence-electron chi connectivity index (χ1n) is 6.60. The highest BCUT2D eigenvalue weighted by molar-refractivity contribution is 7.15. The maximum Gasteiger partial charge on any atom is 0.269 e. The monoisotopic (exact) mass is 349 g/mol. The Hall–Kier alpha value is -2.32. The van der Waals surface area contributed by atoms with Crippen LogP contribution in [-0.2, 0) is 0 Å². The number of amides is 1. The molecule has 23 heavy (non-hydrogen) atoms. The van der Waals surface area contributed by atoms with Crippen LogP contribution in [0.5, 0.6) is 5.75 Å². The smallest absolute Gasteiger partial charge is 0.269 e. The Morgan fingerprint density at radius 2 is 2.22 bits per heavy atom. The Kier molecular flexibility index (Phi) is 4.35. The zero-order valence-corrected chi connectivity index (χ0v) is 13.9. The Labute approximate surface area is 139 Å². The predicted octanol–water partition coefficient (Wildman–Crippen LogP) is 3.98. The molecule has 3 rings (SSSR count). The number of hydrogen-bond acceptors (Lipinski definition) is 6. The number of anilines is 1. The van der Waals surface area contributed by atoms with Gasteiger partial charge in [0.2, 0.25) is 0 Å². The Morgan fingerprint density at radius 1 is 1.39 bits per heavy atom. The molecule has 0 spiro atoms. The summed E-state index contributed by atoms with van der Waals surface area (Å²) in [6.45, 7) is 1.83. The first-order valence-corrected chi connectivity index (χ1v) is 8.29. The van der Waals surface area contributed by atoms with Crippen molar-refractivity contribution >= 4 is 33.7 Å². The molecular weight excluding hydrogens is 337 g/mol. The molecule has 2 heterocycles. The average molecular weight is 349 g/mol. The van der Waals surface area contributed by atoms with Crippen LogP contribution in [0.1, 0.15) is 14.7 Å². The van der Waals surface area contributed by atoms with Gasteiger partial charge in [-0.15, -0.1) is 22.7 Å². The summed E-state index contributed by atoms with van der Waals surface area (Å²) in [7, 11) is 1.51. The second kappa shape index (κ2) is 6.43. The summed E-state index contributed by atoms with van der Waals surface area (Å²) in [6.07, 6.45) is 1.53. The van der Waals surface area contributed by atoms with E-state index in [1.165, 1.54) is 48.1 Å². The molecule has 0 aliphatic rings. The molecule has 0 bridgehead atoms. The highest BCUT2D eigenvalue weighted by Crippen LogP contribution is 2.33. The van der Waals surface area contributed by atoms with E-state index < -0.39 is 0 Å². The summed E-state index contributed by atoms with van der Waals surface area (Å²) in [4.78, 5) is 21.0. The third-order valence-electron chi connectivity index (χ3n) is 3.01. The third-order valence-corrected chi connectivity index (χ3v) is 4.68. The Balaban J connectivity index is 1.83. The van der Waals surface area contributed by atoms with Gasteiger partial charge < -0.3 is 4.74 Å². The van der Waals surface area contributed by atoms with Crippen LogP contribution >= 0.6 is 22.7 Å². The van der Waals surface area contributed by atoms with E-state index >= 15 is 0 Å². The summed E-state index contributed by atoms with van der Waals surface area (Å²) in [5, 5.41) is 5.71. The maximum atomic E-state index is 13.5. The number of methoxy groups -OCH3 is 1. The molecule has 0 fully saturated rings. The summed E-state index contributed by atoms with van der Waals surface area (Å²) < 4.78 is 18.7. The minimum absolute atomic E-state index is 0.261. The number of nitrogens with one attached hydrogen (secondary N) is 1. The molecule has 0 atom stereocenters. The first-order chi connectivity index (χ1) is 11.1. The molecule has 0 aliphatic heterocycles. The third kappa shape index (κ3) is 3.38. The van der Waals surface area contributed by atoms with Crippen molar-refractivity contribution in [2.24, 2.45) is 0 Å². The number of halogens is 1. The van der Waals surface area contributed by atoms with Crippen LogP contribution in [0.3, 0.4) is 0 Å². The number of thiazole rings is 2. The number of aryl methyl sites for hydroxylation is 1. The topological polar surface area (TPSA) is 64.1 Å². The lowest BCUT2D eigenvalue weighted by Gasteiger charge is -2.05. The van der Waals surface area contributed by atoms with Crippen LogP contribution in [0.25, 0.3) is 11.3 Å². The molecule has 0 unspecified atom stereocenters. The van der Waals surface area contributed by atoms with Gasteiger partial charge in [-0.1, -0.05) is 0 Å². The van der Waals surface area contributed by atoms with Crippen molar-refractivity contribution in [2.75, 3.05) is 12.4 Å². The average Bonchev–Trinajstić information content (AvgIpc) is 3.16. The van der Waals surface area contributed by atoms with E-state index in [2.05, 4.69) is 15.3 Å². The molecule has 0 aliphatic carbocycles. The van der Waals surface area contributed by atoms with Gasteiger partial charge in [-0.2, -0.15) is 0 Å². The molecule has 1 aromatic carbocycles. The van der Waals surface area contributed by atoms with E-state index in [9.17, 15) is 9.18 Å². The molecule has 0 radical (unpaired) electrons. The zero-order valence-electron chi connectivity index (χ0n) is 12.3. The van der Waals surface area contributed by atoms with Crippen molar-refractivity contribution in [1.82, 2.24) is 9.97 Å². The van der Waals surface area contributed by atoms with Gasteiger partial charge >= 0.3 is 0 Å². The van der Waals surface area contributed by atoms with Crippen LogP contribution in [-0.4, -0.2) is 23.0 Å². The number of ether oxygens (including phenoxy) is 1. The van der Waals surface area contributed by atoms with Gasteiger partial charge in [0.25, 0.3) is 5.91 Å². The van der Waals surface area contributed by atoms with Crippen molar-refractivity contribution in [3.8, 4) is 17.0 Å². The number of rotatable bonds is 4. The second-order valence-electron chi connectivity index (χ2n) is 4.58. The highest BCUT2D eigenvalue weighted by Gasteiger charge is 2.14. The standard InChI is InChI=1S/C15H12FN3O2S2/c1-8-17-6-13(23-8)14(20)19-15-18-11(7-22-15)10-5-9(16)3-4-12(10)21-2/h3-7H,1-2H3,(H,18,19,20). The van der Waals surface area contributed by atoms with Gasteiger partial charge in [0.05, 0.1) is 24.0 Å². The van der Waals surface area contributed by atoms with E-state index in [0.29, 0.717) is 27.0 Å². The quantitative estimate of drug-likeness (QED) is 0.774. The van der Waals surface area contributed by atoms with Crippen LogP contribution in [0.4, 0.5) is 9.52 Å². The van der Waals surface area contributed by atoms with Crippen LogP contribution in [0, 0.1) is 12.7 Å². The van der Waals surface area contributed by atoms with Crippen molar-refractivity contribution in [3.63, 3.8) is 0 Å². The van der Waals surface area contributed by atoms with E-state index in [0.717, 1.165) is 5.01 Å². The lowest BCUT2D eigenvalue weighted by Crippen LogP contribution is -2.09. The molecule has 3 aromatic rings. The number of aromatic nitrogens is 2. The van der Waals surface area contributed by atoms with Crippen molar-refractivity contribution in [1.29, 1.82) is 0 Å². The summed E-state index contributed by atoms with van der Waals surface area (Å²) >= 11 is 2.57. The lowest BCUT2D eigenvalue weighted by molar-refractivity contribution is 0.103. The van der Waals surface area contributed by atoms with Crippen molar-refractivity contribution < 1.29 is 13.9 Å². The zero-order chi connectivity index (χ0) is 16.4. The van der Waals surface area contributed by atoms with Crippen molar-refractivity contribution in [3.05, 3.63) is 45.5 Å². The SMILES string of the molecule is COc1ccc(F)cc1-c1csc(NC(=O)c2cnc(C)s2)n1. The minimum atomic E-state index is -0.375. The number of nitrogens with zero attached hydrogens (tertiary/aromatic N) is 2. The van der Waals surface area contributed by atoms with E-state index in [1.54, 1.807) is 11.4 Å². The van der Waals surface area contributed by atoms with Gasteiger partial charge in [-0.05, 0) is 25.1 Å². The van der Waals surface area contributed by atoms with E-state index in [-0.39, 0.29) is 11.7 Å². The van der Waals surface area contributed by atoms with Crippen LogP contribution in [0.15, 0.2) is 29.8 Å². The number of carbonyl (C=O) groups is 1. The fourth-order valence-electron chi connectivity index (χ4n) is 1.96. The summed E-state index contributed by atoms with van der Waals surface area (Å²) in [6, 6.07) is 4.22. The predicted molar refractivity (Wildman–Crippen MR) is 88.9 cm³/mol. The fourth-order valence-corrected chi connectivity index (χ4v) is 3.34. The van der Waals surface area contributed by atoms with Gasteiger partial charge in [0.15, 0.2) is 5.13 Å². The second-order valence-corrected chi connectivity index (χ2v) is 6.67. The molecule has 0 saturated carbocycles. The van der Waals surface area contributed by atoms with E-state index in [4.69, 9.17) is 4.74 Å². The molecule has 0 saturated heterocycles. The lowest BCUT2D eigenvalue weighted by atomic mass is 10.1. The largest absolute Gasteiger partial charge is 0.496 e.